The van der Waals surface area contributed by atoms with Crippen molar-refractivity contribution in [3.05, 3.63) is 29.8 Å². The number of hydrogen-bond donors (Lipinski definition) is 0. The summed E-state index contributed by atoms with van der Waals surface area (Å²) >= 11 is 0. The van der Waals surface area contributed by atoms with E-state index in [0.29, 0.717) is 5.56 Å². The van der Waals surface area contributed by atoms with E-state index < -0.39 is 22.2 Å². The van der Waals surface area contributed by atoms with E-state index in [0.717, 1.165) is 6.26 Å². The molecule has 1 aliphatic rings. The number of rotatable bonds is 3. The Balaban J connectivity index is 2.15. The zero-order chi connectivity index (χ0) is 12.5. The van der Waals surface area contributed by atoms with Gasteiger partial charge in [-0.1, -0.05) is 12.1 Å². The van der Waals surface area contributed by atoms with E-state index in [-0.39, 0.29) is 12.5 Å². The average Bonchev–Trinajstić information content (AvgIpc) is 2.63. The summed E-state index contributed by atoms with van der Waals surface area (Å²) in [5.41, 5.74) is 0.591. The molecule has 1 unspecified atom stereocenters. The Hall–Kier alpha value is -1.60. The molecule has 1 heterocycles. The van der Waals surface area contributed by atoms with E-state index in [4.69, 9.17) is 4.74 Å². The van der Waals surface area contributed by atoms with Crippen molar-refractivity contribution in [2.24, 2.45) is 0 Å². The van der Waals surface area contributed by atoms with E-state index in [9.17, 15) is 13.2 Å². The van der Waals surface area contributed by atoms with Gasteiger partial charge in [-0.25, -0.2) is 4.79 Å². The minimum absolute atomic E-state index is 0.0644. The van der Waals surface area contributed by atoms with Crippen LogP contribution in [-0.2, 0) is 24.4 Å². The first-order chi connectivity index (χ1) is 7.96. The summed E-state index contributed by atoms with van der Waals surface area (Å²) < 4.78 is 36.1. The summed E-state index contributed by atoms with van der Waals surface area (Å²) in [4.78, 5) is 11.2. The number of cyclic esters (lactones) is 1. The topological polar surface area (TPSA) is 78.9 Å². The fraction of sp³-hybridized carbons (Fsp3) is 0.300. The van der Waals surface area contributed by atoms with Crippen LogP contribution in [0.15, 0.2) is 24.3 Å². The van der Waals surface area contributed by atoms with Crippen molar-refractivity contribution < 1.29 is 26.9 Å². The Kier molecular flexibility index (Phi) is 3.03. The van der Waals surface area contributed by atoms with Crippen LogP contribution in [0.5, 0.6) is 5.75 Å². The number of carbonyl (C=O) groups is 1. The maximum Gasteiger partial charge on any atom is 0.342 e. The fourth-order valence-electron chi connectivity index (χ4n) is 1.41. The van der Waals surface area contributed by atoms with Crippen LogP contribution in [-0.4, -0.2) is 27.4 Å². The minimum atomic E-state index is -3.54. The molecule has 1 aromatic rings. The van der Waals surface area contributed by atoms with E-state index in [1.807, 2.05) is 0 Å². The van der Waals surface area contributed by atoms with Crippen LogP contribution < -0.4 is 4.18 Å². The zero-order valence-corrected chi connectivity index (χ0v) is 9.77. The van der Waals surface area contributed by atoms with Gasteiger partial charge in [-0.3, -0.25) is 0 Å². The van der Waals surface area contributed by atoms with Crippen LogP contribution in [0, 0.1) is 0 Å². The van der Waals surface area contributed by atoms with Crippen molar-refractivity contribution in [3.63, 3.8) is 0 Å². The highest BCUT2D eigenvalue weighted by molar-refractivity contribution is 7.86. The summed E-state index contributed by atoms with van der Waals surface area (Å²) in [7, 11) is -3.54. The highest BCUT2D eigenvalue weighted by Crippen LogP contribution is 2.25. The molecule has 1 fully saturated rings. The van der Waals surface area contributed by atoms with Gasteiger partial charge in [-0.05, 0) is 17.7 Å². The third-order valence-corrected chi connectivity index (χ3v) is 2.58. The lowest BCUT2D eigenvalue weighted by molar-refractivity contribution is -0.139. The van der Waals surface area contributed by atoms with Gasteiger partial charge in [0, 0.05) is 0 Å². The SMILES string of the molecule is CS(=O)(=O)Oc1ccc(C2OCOC2=O)cc1. The van der Waals surface area contributed by atoms with Crippen LogP contribution in [0.4, 0.5) is 0 Å². The second-order valence-corrected chi connectivity index (χ2v) is 5.06. The van der Waals surface area contributed by atoms with E-state index in [1.54, 1.807) is 12.1 Å². The standard InChI is InChI=1S/C10H10O6S/c1-17(12,13)16-8-4-2-7(3-5-8)9-10(11)15-6-14-9/h2-5,9H,6H2,1H3. The molecule has 1 atom stereocenters. The van der Waals surface area contributed by atoms with E-state index in [2.05, 4.69) is 8.92 Å². The maximum atomic E-state index is 11.2. The van der Waals surface area contributed by atoms with Gasteiger partial charge in [0.15, 0.2) is 12.9 Å². The molecule has 1 aromatic carbocycles. The fourth-order valence-corrected chi connectivity index (χ4v) is 1.87. The predicted molar refractivity (Wildman–Crippen MR) is 56.7 cm³/mol. The van der Waals surface area contributed by atoms with Crippen molar-refractivity contribution in [1.29, 1.82) is 0 Å². The van der Waals surface area contributed by atoms with Crippen LogP contribution in [0.1, 0.15) is 11.7 Å². The first kappa shape index (κ1) is 11.9. The molecule has 0 aromatic heterocycles. The Morgan fingerprint density at radius 3 is 2.41 bits per heavy atom. The van der Waals surface area contributed by atoms with Gasteiger partial charge < -0.3 is 13.7 Å². The van der Waals surface area contributed by atoms with E-state index >= 15 is 0 Å². The maximum absolute atomic E-state index is 11.2. The molecule has 17 heavy (non-hydrogen) atoms. The van der Waals surface area contributed by atoms with Gasteiger partial charge >= 0.3 is 16.1 Å². The van der Waals surface area contributed by atoms with Crippen molar-refractivity contribution >= 4 is 16.1 Å². The summed E-state index contributed by atoms with van der Waals surface area (Å²) in [5, 5.41) is 0. The molecule has 1 saturated heterocycles. The number of ether oxygens (including phenoxy) is 2. The lowest BCUT2D eigenvalue weighted by Crippen LogP contribution is -2.08. The third kappa shape index (κ3) is 2.95. The number of benzene rings is 1. The van der Waals surface area contributed by atoms with Crippen molar-refractivity contribution in [1.82, 2.24) is 0 Å². The number of carbonyl (C=O) groups excluding carboxylic acids is 1. The summed E-state index contributed by atoms with van der Waals surface area (Å²) in [5.74, 6) is -0.274. The third-order valence-electron chi connectivity index (χ3n) is 2.08. The Bertz CT molecular complexity index is 518. The monoisotopic (exact) mass is 258 g/mol. The highest BCUT2D eigenvalue weighted by atomic mass is 32.2. The van der Waals surface area contributed by atoms with Gasteiger partial charge in [0.1, 0.15) is 5.75 Å². The minimum Gasteiger partial charge on any atom is -0.436 e. The molecule has 2 rings (SSSR count). The van der Waals surface area contributed by atoms with Crippen molar-refractivity contribution in [3.8, 4) is 5.75 Å². The molecular formula is C10H10O6S. The van der Waals surface area contributed by atoms with E-state index in [1.165, 1.54) is 12.1 Å². The van der Waals surface area contributed by atoms with Gasteiger partial charge in [0.25, 0.3) is 0 Å². The van der Waals surface area contributed by atoms with Crippen LogP contribution >= 0.6 is 0 Å². The summed E-state index contributed by atoms with van der Waals surface area (Å²) in [6, 6.07) is 6.01. The lowest BCUT2D eigenvalue weighted by Gasteiger charge is -2.07. The molecule has 0 spiro atoms. The molecule has 0 amide bonds. The smallest absolute Gasteiger partial charge is 0.342 e. The predicted octanol–water partition coefficient (Wildman–Crippen LogP) is 0.597. The molecule has 0 saturated carbocycles. The number of esters is 1. The van der Waals surface area contributed by atoms with Crippen molar-refractivity contribution in [2.75, 3.05) is 13.0 Å². The molecular weight excluding hydrogens is 248 g/mol. The molecule has 0 N–H and O–H groups in total. The van der Waals surface area contributed by atoms with Gasteiger partial charge in [-0.15, -0.1) is 0 Å². The average molecular weight is 258 g/mol. The summed E-state index contributed by atoms with van der Waals surface area (Å²) in [6.07, 6.45) is 0.209. The molecule has 7 heteroatoms. The van der Waals surface area contributed by atoms with Crippen molar-refractivity contribution in [2.45, 2.75) is 6.10 Å². The van der Waals surface area contributed by atoms with Gasteiger partial charge in [0.2, 0.25) is 0 Å². The Labute approximate surface area is 98.2 Å². The molecule has 0 aliphatic carbocycles. The largest absolute Gasteiger partial charge is 0.436 e. The highest BCUT2D eigenvalue weighted by Gasteiger charge is 2.28. The molecule has 6 nitrogen and oxygen atoms in total. The van der Waals surface area contributed by atoms with Gasteiger partial charge in [-0.2, -0.15) is 8.42 Å². The van der Waals surface area contributed by atoms with Gasteiger partial charge in [0.05, 0.1) is 6.26 Å². The Morgan fingerprint density at radius 1 is 1.29 bits per heavy atom. The Morgan fingerprint density at radius 2 is 1.94 bits per heavy atom. The second kappa shape index (κ2) is 4.34. The van der Waals surface area contributed by atoms with Crippen LogP contribution in [0.2, 0.25) is 0 Å². The van der Waals surface area contributed by atoms with Crippen LogP contribution in [0.25, 0.3) is 0 Å². The molecule has 92 valence electrons. The quantitative estimate of drug-likeness (QED) is 0.583. The molecule has 1 aliphatic heterocycles. The lowest BCUT2D eigenvalue weighted by atomic mass is 10.1. The first-order valence-electron chi connectivity index (χ1n) is 4.73. The normalized spacial score (nSPS) is 20.1. The second-order valence-electron chi connectivity index (χ2n) is 3.48. The first-order valence-corrected chi connectivity index (χ1v) is 6.55. The molecule has 0 bridgehead atoms. The van der Waals surface area contributed by atoms with Crippen LogP contribution in [0.3, 0.4) is 0 Å². The zero-order valence-electron chi connectivity index (χ0n) is 8.95. The number of hydrogen-bond acceptors (Lipinski definition) is 6. The summed E-state index contributed by atoms with van der Waals surface area (Å²) in [6.45, 7) is -0.0644. The molecule has 0 radical (unpaired) electrons.